The predicted octanol–water partition coefficient (Wildman–Crippen LogP) is 3.62. The van der Waals surface area contributed by atoms with Crippen LogP contribution in [-0.4, -0.2) is 16.3 Å². The standard InChI is InChI=1S/C14H17Cl2N3/c1-3-17-13(14-6-7-18-19(14)2)9-10-4-5-11(15)12(16)8-10/h4-8,13,17H,3,9H2,1-2H3. The van der Waals surface area contributed by atoms with Crippen molar-refractivity contribution in [2.45, 2.75) is 19.4 Å². The number of aryl methyl sites for hydroxylation is 1. The summed E-state index contributed by atoms with van der Waals surface area (Å²) < 4.78 is 1.89. The fourth-order valence-corrected chi connectivity index (χ4v) is 2.48. The van der Waals surface area contributed by atoms with E-state index in [2.05, 4.69) is 17.3 Å². The van der Waals surface area contributed by atoms with E-state index < -0.39 is 0 Å². The van der Waals surface area contributed by atoms with Crippen LogP contribution in [-0.2, 0) is 13.5 Å². The van der Waals surface area contributed by atoms with Gasteiger partial charge in [-0.15, -0.1) is 0 Å². The first-order chi connectivity index (χ1) is 9.11. The summed E-state index contributed by atoms with van der Waals surface area (Å²) in [6.45, 7) is 3.00. The lowest BCUT2D eigenvalue weighted by Crippen LogP contribution is -2.25. The van der Waals surface area contributed by atoms with Gasteiger partial charge in [-0.05, 0) is 36.7 Å². The fourth-order valence-electron chi connectivity index (χ4n) is 2.16. The second-order valence-corrected chi connectivity index (χ2v) is 5.26. The molecule has 0 saturated heterocycles. The highest BCUT2D eigenvalue weighted by Crippen LogP contribution is 2.25. The number of hydrogen-bond donors (Lipinski definition) is 1. The van der Waals surface area contributed by atoms with Crippen LogP contribution in [0.5, 0.6) is 0 Å². The zero-order valence-electron chi connectivity index (χ0n) is 11.0. The van der Waals surface area contributed by atoms with Crippen LogP contribution in [0.15, 0.2) is 30.5 Å². The largest absolute Gasteiger partial charge is 0.309 e. The van der Waals surface area contributed by atoms with Gasteiger partial charge in [0.25, 0.3) is 0 Å². The van der Waals surface area contributed by atoms with Crippen molar-refractivity contribution in [3.8, 4) is 0 Å². The Morgan fingerprint density at radius 1 is 1.26 bits per heavy atom. The summed E-state index contributed by atoms with van der Waals surface area (Å²) in [6.07, 6.45) is 2.67. The van der Waals surface area contributed by atoms with Crippen LogP contribution in [0.1, 0.15) is 24.2 Å². The van der Waals surface area contributed by atoms with Gasteiger partial charge in [0.05, 0.1) is 21.8 Å². The third kappa shape index (κ3) is 3.50. The quantitative estimate of drug-likeness (QED) is 0.913. The number of nitrogens with zero attached hydrogens (tertiary/aromatic N) is 2. The molecule has 0 amide bonds. The van der Waals surface area contributed by atoms with Crippen molar-refractivity contribution < 1.29 is 0 Å². The third-order valence-electron chi connectivity index (χ3n) is 3.09. The molecule has 0 spiro atoms. The number of aromatic nitrogens is 2. The molecule has 0 aliphatic heterocycles. The molecule has 1 N–H and O–H groups in total. The second-order valence-electron chi connectivity index (χ2n) is 4.44. The van der Waals surface area contributed by atoms with Crippen LogP contribution in [0.25, 0.3) is 0 Å². The highest BCUT2D eigenvalue weighted by Gasteiger charge is 2.15. The topological polar surface area (TPSA) is 29.9 Å². The molecule has 1 atom stereocenters. The molecule has 1 unspecified atom stereocenters. The lowest BCUT2D eigenvalue weighted by atomic mass is 10.0. The molecule has 2 aromatic rings. The van der Waals surface area contributed by atoms with Gasteiger partial charge in [-0.2, -0.15) is 5.10 Å². The van der Waals surface area contributed by atoms with Crippen molar-refractivity contribution in [1.82, 2.24) is 15.1 Å². The Kier molecular flexibility index (Phi) is 4.86. The van der Waals surface area contributed by atoms with E-state index in [0.717, 1.165) is 24.2 Å². The average Bonchev–Trinajstić information content (AvgIpc) is 2.79. The molecule has 0 fully saturated rings. The lowest BCUT2D eigenvalue weighted by molar-refractivity contribution is 0.508. The Balaban J connectivity index is 2.21. The number of benzene rings is 1. The van der Waals surface area contributed by atoms with Crippen molar-refractivity contribution in [1.29, 1.82) is 0 Å². The van der Waals surface area contributed by atoms with Gasteiger partial charge in [0.1, 0.15) is 0 Å². The molecule has 19 heavy (non-hydrogen) atoms. The minimum Gasteiger partial charge on any atom is -0.309 e. The first-order valence-corrected chi connectivity index (χ1v) is 7.02. The first-order valence-electron chi connectivity index (χ1n) is 6.27. The summed E-state index contributed by atoms with van der Waals surface area (Å²) in [4.78, 5) is 0. The molecular weight excluding hydrogens is 281 g/mol. The van der Waals surface area contributed by atoms with E-state index in [1.165, 1.54) is 0 Å². The molecule has 2 rings (SSSR count). The van der Waals surface area contributed by atoms with E-state index in [4.69, 9.17) is 23.2 Å². The van der Waals surface area contributed by atoms with E-state index in [-0.39, 0.29) is 6.04 Å². The molecule has 1 heterocycles. The summed E-state index contributed by atoms with van der Waals surface area (Å²) >= 11 is 12.0. The van der Waals surface area contributed by atoms with E-state index in [9.17, 15) is 0 Å². The molecule has 102 valence electrons. The highest BCUT2D eigenvalue weighted by atomic mass is 35.5. The maximum absolute atomic E-state index is 6.06. The predicted molar refractivity (Wildman–Crippen MR) is 79.8 cm³/mol. The van der Waals surface area contributed by atoms with Crippen LogP contribution in [0.4, 0.5) is 0 Å². The van der Waals surface area contributed by atoms with Gasteiger partial charge in [-0.25, -0.2) is 0 Å². The molecule has 1 aromatic heterocycles. The molecule has 3 nitrogen and oxygen atoms in total. The van der Waals surface area contributed by atoms with Crippen LogP contribution in [0.2, 0.25) is 10.0 Å². The summed E-state index contributed by atoms with van der Waals surface area (Å²) in [5, 5.41) is 8.88. The summed E-state index contributed by atoms with van der Waals surface area (Å²) in [6, 6.07) is 8.02. The molecule has 1 aromatic carbocycles. The number of hydrogen-bond acceptors (Lipinski definition) is 2. The molecule has 0 saturated carbocycles. The van der Waals surface area contributed by atoms with Gasteiger partial charge in [0, 0.05) is 13.2 Å². The van der Waals surface area contributed by atoms with Gasteiger partial charge < -0.3 is 5.32 Å². The number of halogens is 2. The van der Waals surface area contributed by atoms with Crippen molar-refractivity contribution >= 4 is 23.2 Å². The molecule has 0 aliphatic carbocycles. The van der Waals surface area contributed by atoms with E-state index >= 15 is 0 Å². The van der Waals surface area contributed by atoms with Crippen LogP contribution >= 0.6 is 23.2 Å². The van der Waals surface area contributed by atoms with Gasteiger partial charge in [-0.1, -0.05) is 36.2 Å². The maximum atomic E-state index is 6.06. The Bertz CT molecular complexity index is 551. The highest BCUT2D eigenvalue weighted by molar-refractivity contribution is 6.42. The summed E-state index contributed by atoms with van der Waals surface area (Å²) in [5.41, 5.74) is 2.31. The van der Waals surface area contributed by atoms with Crippen molar-refractivity contribution in [3.63, 3.8) is 0 Å². The zero-order valence-corrected chi connectivity index (χ0v) is 12.5. The normalized spacial score (nSPS) is 12.6. The number of nitrogens with one attached hydrogen (secondary N) is 1. The number of rotatable bonds is 5. The third-order valence-corrected chi connectivity index (χ3v) is 3.83. The molecule has 5 heteroatoms. The van der Waals surface area contributed by atoms with Gasteiger partial charge in [0.15, 0.2) is 0 Å². The van der Waals surface area contributed by atoms with Gasteiger partial charge in [0.2, 0.25) is 0 Å². The smallest absolute Gasteiger partial charge is 0.0595 e. The van der Waals surface area contributed by atoms with Crippen LogP contribution in [0.3, 0.4) is 0 Å². The van der Waals surface area contributed by atoms with Crippen molar-refractivity contribution in [3.05, 3.63) is 51.8 Å². The van der Waals surface area contributed by atoms with E-state index in [1.807, 2.05) is 42.2 Å². The monoisotopic (exact) mass is 297 g/mol. The SMILES string of the molecule is CCNC(Cc1ccc(Cl)c(Cl)c1)c1ccnn1C. The second kappa shape index (κ2) is 6.42. The fraction of sp³-hybridized carbons (Fsp3) is 0.357. The average molecular weight is 298 g/mol. The van der Waals surface area contributed by atoms with Crippen molar-refractivity contribution in [2.75, 3.05) is 6.54 Å². The van der Waals surface area contributed by atoms with Crippen molar-refractivity contribution in [2.24, 2.45) is 7.05 Å². The van der Waals surface area contributed by atoms with E-state index in [1.54, 1.807) is 0 Å². The Morgan fingerprint density at radius 2 is 2.05 bits per heavy atom. The van der Waals surface area contributed by atoms with Gasteiger partial charge in [-0.3, -0.25) is 4.68 Å². The summed E-state index contributed by atoms with van der Waals surface area (Å²) in [5.74, 6) is 0. The minimum absolute atomic E-state index is 0.217. The Labute approximate surface area is 123 Å². The Hall–Kier alpha value is -1.03. The molecule has 0 radical (unpaired) electrons. The maximum Gasteiger partial charge on any atom is 0.0595 e. The van der Waals surface area contributed by atoms with Gasteiger partial charge >= 0.3 is 0 Å². The van der Waals surface area contributed by atoms with Crippen LogP contribution in [0, 0.1) is 0 Å². The number of likely N-dealkylation sites (N-methyl/N-ethyl adjacent to an activating group) is 1. The molecule has 0 aliphatic rings. The molecular formula is C14H17Cl2N3. The summed E-state index contributed by atoms with van der Waals surface area (Å²) in [7, 11) is 1.95. The van der Waals surface area contributed by atoms with E-state index in [0.29, 0.717) is 10.0 Å². The zero-order chi connectivity index (χ0) is 13.8. The Morgan fingerprint density at radius 3 is 2.63 bits per heavy atom. The molecule has 0 bridgehead atoms. The first kappa shape index (κ1) is 14.4. The van der Waals surface area contributed by atoms with Crippen LogP contribution < -0.4 is 5.32 Å². The minimum atomic E-state index is 0.217. The lowest BCUT2D eigenvalue weighted by Gasteiger charge is -2.18.